The number of nitrogens with zero attached hydrogens (tertiary/aromatic N) is 2. The highest BCUT2D eigenvalue weighted by atomic mass is 35.5. The molecule has 0 atom stereocenters. The molecule has 0 amide bonds. The van der Waals surface area contributed by atoms with Gasteiger partial charge in [-0.05, 0) is 25.9 Å². The monoisotopic (exact) mass is 318 g/mol. The van der Waals surface area contributed by atoms with E-state index < -0.39 is 0 Å². The lowest BCUT2D eigenvalue weighted by atomic mass is 10.1. The van der Waals surface area contributed by atoms with Gasteiger partial charge in [-0.15, -0.1) is 22.9 Å². The minimum absolute atomic E-state index is 0.458. The molecule has 1 saturated heterocycles. The van der Waals surface area contributed by atoms with Gasteiger partial charge < -0.3 is 4.90 Å². The van der Waals surface area contributed by atoms with Gasteiger partial charge in [0.15, 0.2) is 0 Å². The first-order valence-electron chi connectivity index (χ1n) is 6.95. The summed E-state index contributed by atoms with van der Waals surface area (Å²) >= 11 is 9.64. The largest absolute Gasteiger partial charge is 0.302 e. The minimum atomic E-state index is 0.458. The smallest absolute Gasteiger partial charge is 0.0929 e. The summed E-state index contributed by atoms with van der Waals surface area (Å²) in [6.07, 6.45) is 3.60. The maximum absolute atomic E-state index is 5.77. The third-order valence-electron chi connectivity index (χ3n) is 3.53. The van der Waals surface area contributed by atoms with Gasteiger partial charge >= 0.3 is 0 Å². The Morgan fingerprint density at radius 1 is 1.42 bits per heavy atom. The molecule has 1 aromatic rings. The fraction of sp³-hybridized carbons (Fsp3) is 0.786. The number of hydrogen-bond acceptors (Lipinski definition) is 4. The average Bonchev–Trinajstić information content (AvgIpc) is 2.76. The summed E-state index contributed by atoms with van der Waals surface area (Å²) in [4.78, 5) is 7.13. The van der Waals surface area contributed by atoms with Crippen molar-refractivity contribution in [2.75, 3.05) is 25.4 Å². The molecule has 0 saturated carbocycles. The highest BCUT2D eigenvalue weighted by Gasteiger charge is 2.23. The van der Waals surface area contributed by atoms with Crippen molar-refractivity contribution in [2.45, 2.75) is 43.7 Å². The molecule has 1 fully saturated rings. The molecule has 2 heterocycles. The van der Waals surface area contributed by atoms with Crippen LogP contribution in [0.5, 0.6) is 0 Å². The summed E-state index contributed by atoms with van der Waals surface area (Å²) in [6, 6.07) is 0. The van der Waals surface area contributed by atoms with E-state index in [1.807, 2.05) is 0 Å². The molecule has 19 heavy (non-hydrogen) atoms. The quantitative estimate of drug-likeness (QED) is 0.762. The van der Waals surface area contributed by atoms with Gasteiger partial charge in [0.25, 0.3) is 0 Å². The fourth-order valence-electron chi connectivity index (χ4n) is 2.26. The Morgan fingerprint density at radius 2 is 2.26 bits per heavy atom. The van der Waals surface area contributed by atoms with Crippen LogP contribution in [0.4, 0.5) is 0 Å². The molecule has 2 nitrogen and oxygen atoms in total. The van der Waals surface area contributed by atoms with Gasteiger partial charge in [0.05, 0.1) is 16.6 Å². The maximum Gasteiger partial charge on any atom is 0.0929 e. The van der Waals surface area contributed by atoms with E-state index in [0.717, 1.165) is 12.1 Å². The molecule has 0 radical (unpaired) electrons. The summed E-state index contributed by atoms with van der Waals surface area (Å²) in [6.45, 7) is 8.41. The maximum atomic E-state index is 5.77. The number of aromatic nitrogens is 1. The molecule has 1 aromatic heterocycles. The summed E-state index contributed by atoms with van der Waals surface area (Å²) in [5, 5.41) is 3.31. The zero-order valence-electron chi connectivity index (χ0n) is 11.8. The summed E-state index contributed by atoms with van der Waals surface area (Å²) < 4.78 is 0.458. The zero-order valence-corrected chi connectivity index (χ0v) is 14.2. The lowest BCUT2D eigenvalue weighted by Crippen LogP contribution is -2.28. The first-order valence-corrected chi connectivity index (χ1v) is 9.34. The second-order valence-corrected chi connectivity index (χ2v) is 8.68. The molecule has 0 bridgehead atoms. The standard InChI is InChI=1S/C14H23ClN2S2/c1-14(2)5-7-17(8-9-19-14)6-3-4-13-16-12(10-15)11-18-13/h11H,3-10H2,1-2H3. The van der Waals surface area contributed by atoms with Crippen molar-refractivity contribution in [3.8, 4) is 0 Å². The molecule has 1 aliphatic rings. The Hall–Kier alpha value is 0.230. The number of aryl methyl sites for hydroxylation is 1. The van der Waals surface area contributed by atoms with Crippen LogP contribution in [0.2, 0.25) is 0 Å². The highest BCUT2D eigenvalue weighted by Crippen LogP contribution is 2.30. The molecular weight excluding hydrogens is 296 g/mol. The van der Waals surface area contributed by atoms with Gasteiger partial charge in [-0.2, -0.15) is 11.8 Å². The Balaban J connectivity index is 1.70. The van der Waals surface area contributed by atoms with Crippen molar-refractivity contribution in [2.24, 2.45) is 0 Å². The predicted molar refractivity (Wildman–Crippen MR) is 87.6 cm³/mol. The number of thiazole rings is 1. The van der Waals surface area contributed by atoms with Crippen molar-refractivity contribution in [3.05, 3.63) is 16.1 Å². The molecule has 0 spiro atoms. The van der Waals surface area contributed by atoms with Gasteiger partial charge in [0, 0.05) is 28.8 Å². The van der Waals surface area contributed by atoms with Gasteiger partial charge in [-0.1, -0.05) is 13.8 Å². The third-order valence-corrected chi connectivity index (χ3v) is 6.14. The summed E-state index contributed by atoms with van der Waals surface area (Å²) in [5.74, 6) is 1.80. The summed E-state index contributed by atoms with van der Waals surface area (Å²) in [5.41, 5.74) is 1.02. The van der Waals surface area contributed by atoms with E-state index in [1.54, 1.807) is 11.3 Å². The normalized spacial score (nSPS) is 20.4. The van der Waals surface area contributed by atoms with E-state index in [-0.39, 0.29) is 0 Å². The van der Waals surface area contributed by atoms with E-state index >= 15 is 0 Å². The second kappa shape index (κ2) is 7.30. The van der Waals surface area contributed by atoms with Crippen LogP contribution in [-0.2, 0) is 12.3 Å². The number of rotatable bonds is 5. The van der Waals surface area contributed by atoms with Crippen LogP contribution in [-0.4, -0.2) is 40.0 Å². The topological polar surface area (TPSA) is 16.1 Å². The van der Waals surface area contributed by atoms with Gasteiger partial charge in [0.1, 0.15) is 0 Å². The minimum Gasteiger partial charge on any atom is -0.302 e. The Morgan fingerprint density at radius 3 is 3.00 bits per heavy atom. The third kappa shape index (κ3) is 5.25. The van der Waals surface area contributed by atoms with Crippen LogP contribution in [0.25, 0.3) is 0 Å². The zero-order chi connectivity index (χ0) is 13.7. The van der Waals surface area contributed by atoms with Crippen molar-refractivity contribution in [1.82, 2.24) is 9.88 Å². The molecule has 1 aliphatic heterocycles. The Kier molecular flexibility index (Phi) is 6.00. The highest BCUT2D eigenvalue weighted by molar-refractivity contribution is 8.00. The SMILES string of the molecule is CC1(C)CCN(CCCc2nc(CCl)cs2)CCS1. The number of thioether (sulfide) groups is 1. The number of alkyl halides is 1. The number of halogens is 1. The van der Waals surface area contributed by atoms with E-state index in [9.17, 15) is 0 Å². The molecule has 2 rings (SSSR count). The predicted octanol–water partition coefficient (Wildman–Crippen LogP) is 4.03. The molecular formula is C14H23ClN2S2. The fourth-order valence-corrected chi connectivity index (χ4v) is 4.47. The average molecular weight is 319 g/mol. The van der Waals surface area contributed by atoms with Gasteiger partial charge in [0.2, 0.25) is 0 Å². The molecule has 0 unspecified atom stereocenters. The van der Waals surface area contributed by atoms with Crippen LogP contribution in [0.1, 0.15) is 37.4 Å². The van der Waals surface area contributed by atoms with Crippen LogP contribution < -0.4 is 0 Å². The van der Waals surface area contributed by atoms with Crippen molar-refractivity contribution in [1.29, 1.82) is 0 Å². The van der Waals surface area contributed by atoms with E-state index in [2.05, 4.69) is 40.9 Å². The van der Waals surface area contributed by atoms with Crippen LogP contribution >= 0.6 is 34.7 Å². The first kappa shape index (κ1) is 15.6. The Labute approximate surface area is 129 Å². The van der Waals surface area contributed by atoms with Crippen molar-refractivity contribution >= 4 is 34.7 Å². The van der Waals surface area contributed by atoms with Crippen LogP contribution in [0.15, 0.2) is 5.38 Å². The molecule has 108 valence electrons. The molecule has 5 heteroatoms. The van der Waals surface area contributed by atoms with Gasteiger partial charge in [-0.3, -0.25) is 0 Å². The first-order chi connectivity index (χ1) is 9.09. The van der Waals surface area contributed by atoms with Crippen molar-refractivity contribution < 1.29 is 0 Å². The lowest BCUT2D eigenvalue weighted by molar-refractivity contribution is 0.281. The van der Waals surface area contributed by atoms with E-state index in [0.29, 0.717) is 10.6 Å². The number of hydrogen-bond donors (Lipinski definition) is 0. The van der Waals surface area contributed by atoms with Crippen molar-refractivity contribution in [3.63, 3.8) is 0 Å². The molecule has 0 N–H and O–H groups in total. The van der Waals surface area contributed by atoms with Crippen LogP contribution in [0, 0.1) is 0 Å². The molecule has 0 aromatic carbocycles. The van der Waals surface area contributed by atoms with E-state index in [4.69, 9.17) is 11.6 Å². The second-order valence-electron chi connectivity index (χ2n) is 5.67. The molecule has 0 aliphatic carbocycles. The lowest BCUT2D eigenvalue weighted by Gasteiger charge is -2.22. The van der Waals surface area contributed by atoms with E-state index in [1.165, 1.54) is 43.2 Å². The van der Waals surface area contributed by atoms with Crippen LogP contribution in [0.3, 0.4) is 0 Å². The summed E-state index contributed by atoms with van der Waals surface area (Å²) in [7, 11) is 0. The Bertz CT molecular complexity index is 393. The van der Waals surface area contributed by atoms with Gasteiger partial charge in [-0.25, -0.2) is 4.98 Å².